The lowest BCUT2D eigenvalue weighted by Gasteiger charge is -2.14. The van der Waals surface area contributed by atoms with Crippen LogP contribution < -0.4 is 19.5 Å². The largest absolute Gasteiger partial charge is 0.497 e. The van der Waals surface area contributed by atoms with Gasteiger partial charge in [-0.05, 0) is 65.7 Å². The van der Waals surface area contributed by atoms with Crippen molar-refractivity contribution in [3.05, 3.63) is 87.9 Å². The van der Waals surface area contributed by atoms with E-state index in [2.05, 4.69) is 5.32 Å². The molecule has 0 saturated heterocycles. The fourth-order valence-corrected chi connectivity index (χ4v) is 3.32. The second-order valence-electron chi connectivity index (χ2n) is 7.18. The lowest BCUT2D eigenvalue weighted by Crippen LogP contribution is -2.13. The van der Waals surface area contributed by atoms with Crippen LogP contribution in [0.5, 0.6) is 17.2 Å². The summed E-state index contributed by atoms with van der Waals surface area (Å²) in [7, 11) is 2.98. The molecule has 0 bridgehead atoms. The fraction of sp³-hybridized carbons (Fsp3) is 0.115. The van der Waals surface area contributed by atoms with Crippen molar-refractivity contribution in [2.75, 3.05) is 19.5 Å². The summed E-state index contributed by atoms with van der Waals surface area (Å²) >= 11 is 6.40. The van der Waals surface area contributed by atoms with Crippen molar-refractivity contribution < 1.29 is 28.9 Å². The van der Waals surface area contributed by atoms with Crippen LogP contribution in [-0.2, 0) is 11.4 Å². The molecule has 0 radical (unpaired) electrons. The normalized spacial score (nSPS) is 10.7. The Balaban J connectivity index is 1.77. The van der Waals surface area contributed by atoms with E-state index in [1.54, 1.807) is 55.6 Å². The van der Waals surface area contributed by atoms with Crippen LogP contribution in [0.1, 0.15) is 21.5 Å². The number of carboxylic acids is 1. The van der Waals surface area contributed by atoms with E-state index in [0.29, 0.717) is 22.7 Å². The van der Waals surface area contributed by atoms with Crippen molar-refractivity contribution in [1.29, 1.82) is 5.26 Å². The van der Waals surface area contributed by atoms with Crippen LogP contribution in [0.3, 0.4) is 0 Å². The van der Waals surface area contributed by atoms with Gasteiger partial charge in [-0.2, -0.15) is 5.26 Å². The molecule has 8 nitrogen and oxygen atoms in total. The highest BCUT2D eigenvalue weighted by Crippen LogP contribution is 2.37. The molecule has 0 aliphatic rings. The number of nitrogens with zero attached hydrogens (tertiary/aromatic N) is 1. The standard InChI is InChI=1S/C26H21ClN2O6/c1-33-21-9-7-20(8-10-21)29-25(30)19(14-28)11-17-12-22(27)24(23(13-17)34-2)35-15-16-3-5-18(6-4-16)26(31)32/h3-13H,15H2,1-2H3,(H,29,30)(H,31,32)/b19-11-. The third kappa shape index (κ3) is 6.53. The number of halogens is 1. The fourth-order valence-electron chi connectivity index (χ4n) is 3.05. The van der Waals surface area contributed by atoms with Gasteiger partial charge in [0.1, 0.15) is 24.0 Å². The summed E-state index contributed by atoms with van der Waals surface area (Å²) in [5.74, 6) is -0.382. The number of hydrogen-bond donors (Lipinski definition) is 2. The van der Waals surface area contributed by atoms with Crippen LogP contribution in [0.15, 0.2) is 66.2 Å². The number of amides is 1. The molecule has 0 unspecified atom stereocenters. The summed E-state index contributed by atoms with van der Waals surface area (Å²) in [6.45, 7) is 0.124. The first kappa shape index (κ1) is 25.1. The Morgan fingerprint density at radius 3 is 2.31 bits per heavy atom. The third-order valence-electron chi connectivity index (χ3n) is 4.86. The summed E-state index contributed by atoms with van der Waals surface area (Å²) in [4.78, 5) is 23.6. The van der Waals surface area contributed by atoms with Crippen LogP contribution >= 0.6 is 11.6 Å². The number of nitrogens with one attached hydrogen (secondary N) is 1. The molecule has 2 N–H and O–H groups in total. The van der Waals surface area contributed by atoms with Crippen LogP contribution in [-0.4, -0.2) is 31.2 Å². The Hall–Kier alpha value is -4.48. The Morgan fingerprint density at radius 1 is 1.06 bits per heavy atom. The summed E-state index contributed by atoms with van der Waals surface area (Å²) in [6, 6.07) is 18.0. The summed E-state index contributed by atoms with van der Waals surface area (Å²) in [6.07, 6.45) is 1.39. The molecule has 9 heteroatoms. The average molecular weight is 493 g/mol. The van der Waals surface area contributed by atoms with E-state index in [1.807, 2.05) is 6.07 Å². The number of carbonyl (C=O) groups is 2. The lowest BCUT2D eigenvalue weighted by molar-refractivity contribution is -0.112. The van der Waals surface area contributed by atoms with Gasteiger partial charge in [-0.25, -0.2) is 4.79 Å². The van der Waals surface area contributed by atoms with Gasteiger partial charge in [0, 0.05) is 5.69 Å². The maximum atomic E-state index is 12.6. The number of aromatic carboxylic acids is 1. The minimum Gasteiger partial charge on any atom is -0.497 e. The van der Waals surface area contributed by atoms with E-state index >= 15 is 0 Å². The molecular weight excluding hydrogens is 472 g/mol. The van der Waals surface area contributed by atoms with E-state index in [0.717, 1.165) is 5.56 Å². The molecule has 0 aliphatic carbocycles. The van der Waals surface area contributed by atoms with Crippen molar-refractivity contribution in [2.45, 2.75) is 6.61 Å². The van der Waals surface area contributed by atoms with Gasteiger partial charge in [-0.1, -0.05) is 23.7 Å². The van der Waals surface area contributed by atoms with E-state index in [4.69, 9.17) is 30.9 Å². The molecule has 0 fully saturated rings. The zero-order chi connectivity index (χ0) is 25.4. The van der Waals surface area contributed by atoms with E-state index in [9.17, 15) is 14.9 Å². The Morgan fingerprint density at radius 2 is 1.74 bits per heavy atom. The Labute approximate surface area is 206 Å². The first-order valence-corrected chi connectivity index (χ1v) is 10.6. The third-order valence-corrected chi connectivity index (χ3v) is 5.14. The number of anilines is 1. The second-order valence-corrected chi connectivity index (χ2v) is 7.58. The number of methoxy groups -OCH3 is 2. The number of hydrogen-bond acceptors (Lipinski definition) is 6. The number of carbonyl (C=O) groups excluding carboxylic acids is 1. The molecule has 35 heavy (non-hydrogen) atoms. The monoisotopic (exact) mass is 492 g/mol. The molecule has 0 aliphatic heterocycles. The highest BCUT2D eigenvalue weighted by Gasteiger charge is 2.15. The van der Waals surface area contributed by atoms with Crippen LogP contribution in [0.4, 0.5) is 5.69 Å². The van der Waals surface area contributed by atoms with Crippen molar-refractivity contribution in [3.8, 4) is 23.3 Å². The molecule has 0 heterocycles. The van der Waals surface area contributed by atoms with Gasteiger partial charge in [0.15, 0.2) is 11.5 Å². The lowest BCUT2D eigenvalue weighted by atomic mass is 10.1. The molecular formula is C26H21ClN2O6. The molecule has 178 valence electrons. The zero-order valence-corrected chi connectivity index (χ0v) is 19.6. The van der Waals surface area contributed by atoms with Gasteiger partial charge in [0.25, 0.3) is 5.91 Å². The van der Waals surface area contributed by atoms with Gasteiger partial charge in [0.2, 0.25) is 0 Å². The first-order valence-electron chi connectivity index (χ1n) is 10.2. The van der Waals surface area contributed by atoms with Gasteiger partial charge in [-0.15, -0.1) is 0 Å². The molecule has 0 aromatic heterocycles. The van der Waals surface area contributed by atoms with Gasteiger partial charge in [0.05, 0.1) is 24.8 Å². The maximum Gasteiger partial charge on any atom is 0.335 e. The number of ether oxygens (including phenoxy) is 3. The Bertz CT molecular complexity index is 1300. The van der Waals surface area contributed by atoms with E-state index in [1.165, 1.54) is 25.3 Å². The molecule has 3 aromatic rings. The molecule has 0 saturated carbocycles. The SMILES string of the molecule is COc1ccc(NC(=O)/C(C#N)=C\c2cc(Cl)c(OCc3ccc(C(=O)O)cc3)c(OC)c2)cc1. The number of rotatable bonds is 9. The highest BCUT2D eigenvalue weighted by molar-refractivity contribution is 6.32. The van der Waals surface area contributed by atoms with Crippen molar-refractivity contribution >= 4 is 35.2 Å². The summed E-state index contributed by atoms with van der Waals surface area (Å²) in [5.41, 5.74) is 1.74. The van der Waals surface area contributed by atoms with Gasteiger partial charge in [-0.3, -0.25) is 4.79 Å². The first-order chi connectivity index (χ1) is 16.8. The molecule has 0 atom stereocenters. The predicted molar refractivity (Wildman–Crippen MR) is 131 cm³/mol. The number of carboxylic acid groups (broad SMARTS) is 1. The summed E-state index contributed by atoms with van der Waals surface area (Å²) < 4.78 is 16.3. The summed E-state index contributed by atoms with van der Waals surface area (Å²) in [5, 5.41) is 21.4. The van der Waals surface area contributed by atoms with E-state index in [-0.39, 0.29) is 28.5 Å². The minimum absolute atomic E-state index is 0.124. The average Bonchev–Trinajstić information content (AvgIpc) is 2.86. The molecule has 3 aromatic carbocycles. The van der Waals surface area contributed by atoms with Crippen molar-refractivity contribution in [1.82, 2.24) is 0 Å². The smallest absolute Gasteiger partial charge is 0.335 e. The molecule has 0 spiro atoms. The van der Waals surface area contributed by atoms with Crippen LogP contribution in [0.25, 0.3) is 6.08 Å². The molecule has 3 rings (SSSR count). The van der Waals surface area contributed by atoms with Gasteiger partial charge < -0.3 is 24.6 Å². The number of benzene rings is 3. The molecule has 1 amide bonds. The van der Waals surface area contributed by atoms with Crippen molar-refractivity contribution in [2.24, 2.45) is 0 Å². The quantitative estimate of drug-likeness (QED) is 0.312. The topological polar surface area (TPSA) is 118 Å². The van der Waals surface area contributed by atoms with Crippen molar-refractivity contribution in [3.63, 3.8) is 0 Å². The van der Waals surface area contributed by atoms with Crippen LogP contribution in [0.2, 0.25) is 5.02 Å². The van der Waals surface area contributed by atoms with Crippen LogP contribution in [0, 0.1) is 11.3 Å². The van der Waals surface area contributed by atoms with Gasteiger partial charge >= 0.3 is 5.97 Å². The van der Waals surface area contributed by atoms with E-state index < -0.39 is 11.9 Å². The predicted octanol–water partition coefficient (Wildman–Crippen LogP) is 5.18. The Kier molecular flexibility index (Phi) is 8.33. The maximum absolute atomic E-state index is 12.6. The number of nitriles is 1. The highest BCUT2D eigenvalue weighted by atomic mass is 35.5. The second kappa shape index (κ2) is 11.6. The minimum atomic E-state index is -1.01. The zero-order valence-electron chi connectivity index (χ0n) is 18.9.